The molecule has 0 aromatic heterocycles. The van der Waals surface area contributed by atoms with Gasteiger partial charge in [0.05, 0.1) is 23.1 Å². The summed E-state index contributed by atoms with van der Waals surface area (Å²) in [6.07, 6.45) is 6.89. The van der Waals surface area contributed by atoms with Crippen molar-refractivity contribution in [2.75, 3.05) is 6.79 Å². The van der Waals surface area contributed by atoms with Crippen LogP contribution in [-0.4, -0.2) is 29.8 Å². The van der Waals surface area contributed by atoms with E-state index in [0.717, 1.165) is 11.4 Å². The van der Waals surface area contributed by atoms with Gasteiger partial charge in [0.1, 0.15) is 0 Å². The summed E-state index contributed by atoms with van der Waals surface area (Å²) in [5.74, 6) is 1.85. The highest BCUT2D eigenvalue weighted by atomic mass is 35.5. The predicted octanol–water partition coefficient (Wildman–Crippen LogP) is 2.46. The van der Waals surface area contributed by atoms with Gasteiger partial charge in [-0.3, -0.25) is 9.59 Å². The van der Waals surface area contributed by atoms with Crippen LogP contribution in [-0.2, 0) is 9.59 Å². The van der Waals surface area contributed by atoms with Crippen LogP contribution in [0.1, 0.15) is 12.0 Å². The molecule has 6 atom stereocenters. The van der Waals surface area contributed by atoms with Crippen molar-refractivity contribution in [3.63, 3.8) is 0 Å². The third-order valence-corrected chi connectivity index (χ3v) is 6.77. The monoisotopic (exact) mass is 370 g/mol. The average molecular weight is 371 g/mol. The normalized spacial score (nSPS) is 38.3. The highest BCUT2D eigenvalue weighted by Crippen LogP contribution is 2.65. The summed E-state index contributed by atoms with van der Waals surface area (Å²) >= 11 is 6.24. The Kier molecular flexibility index (Phi) is 2.78. The summed E-state index contributed by atoms with van der Waals surface area (Å²) in [5.41, 5.74) is 0.579. The maximum atomic E-state index is 12.9. The molecule has 6 nitrogen and oxygen atoms in total. The fourth-order valence-corrected chi connectivity index (χ4v) is 5.41. The lowest BCUT2D eigenvalue weighted by molar-refractivity contribution is -0.140. The maximum absolute atomic E-state index is 12.9. The molecule has 1 saturated heterocycles. The molecule has 2 bridgehead atoms. The number of halogens is 1. The summed E-state index contributed by atoms with van der Waals surface area (Å²) in [4.78, 5) is 25.8. The zero-order valence-corrected chi connectivity index (χ0v) is 14.4. The quantitative estimate of drug-likeness (QED) is 0.455. The zero-order valence-electron chi connectivity index (χ0n) is 13.7. The van der Waals surface area contributed by atoms with Crippen LogP contribution >= 0.6 is 11.6 Å². The fraction of sp³-hybridized carbons (Fsp3) is 0.421. The summed E-state index contributed by atoms with van der Waals surface area (Å²) in [6.45, 7) is 0.150. The number of hydrazone groups is 1. The number of hydrogen-bond acceptors (Lipinski definition) is 5. The van der Waals surface area contributed by atoms with Crippen molar-refractivity contribution in [3.8, 4) is 11.5 Å². The van der Waals surface area contributed by atoms with Crippen molar-refractivity contribution < 1.29 is 19.1 Å². The number of carbonyl (C=O) groups is 2. The molecule has 4 aliphatic carbocycles. The third-order valence-electron chi connectivity index (χ3n) is 6.44. The van der Waals surface area contributed by atoms with Gasteiger partial charge in [0.2, 0.25) is 6.79 Å². The van der Waals surface area contributed by atoms with Crippen LogP contribution in [0.25, 0.3) is 0 Å². The molecule has 6 aliphatic rings. The second-order valence-corrected chi connectivity index (χ2v) is 8.02. The van der Waals surface area contributed by atoms with Gasteiger partial charge in [-0.25, -0.2) is 0 Å². The minimum Gasteiger partial charge on any atom is -0.454 e. The van der Waals surface area contributed by atoms with E-state index in [1.165, 1.54) is 6.21 Å². The van der Waals surface area contributed by atoms with Crippen molar-refractivity contribution in [3.05, 3.63) is 34.9 Å². The Balaban J connectivity index is 1.32. The lowest BCUT2D eigenvalue weighted by Crippen LogP contribution is -2.40. The molecule has 1 aromatic carbocycles. The Hall–Kier alpha value is -2.34. The largest absolute Gasteiger partial charge is 0.454 e. The van der Waals surface area contributed by atoms with Crippen molar-refractivity contribution in [1.29, 1.82) is 0 Å². The van der Waals surface area contributed by atoms with Crippen molar-refractivity contribution >= 4 is 29.6 Å². The van der Waals surface area contributed by atoms with Crippen LogP contribution in [0, 0.1) is 35.5 Å². The summed E-state index contributed by atoms with van der Waals surface area (Å²) in [5, 5.41) is 5.68. The van der Waals surface area contributed by atoms with E-state index in [2.05, 4.69) is 17.3 Å². The lowest BCUT2D eigenvalue weighted by atomic mass is 9.63. The van der Waals surface area contributed by atoms with Crippen LogP contribution in [0.5, 0.6) is 11.5 Å². The fourth-order valence-electron chi connectivity index (χ4n) is 5.21. The van der Waals surface area contributed by atoms with Crippen LogP contribution in [0.2, 0.25) is 5.02 Å². The summed E-state index contributed by atoms with van der Waals surface area (Å²) in [6, 6.07) is 3.35. The molecule has 3 fully saturated rings. The molecule has 7 rings (SSSR count). The van der Waals surface area contributed by atoms with Crippen molar-refractivity contribution in [2.24, 2.45) is 40.6 Å². The van der Waals surface area contributed by atoms with Crippen LogP contribution < -0.4 is 9.47 Å². The molecule has 0 unspecified atom stereocenters. The van der Waals surface area contributed by atoms with Gasteiger partial charge in [-0.2, -0.15) is 10.1 Å². The Morgan fingerprint density at radius 1 is 1.04 bits per heavy atom. The Morgan fingerprint density at radius 2 is 1.65 bits per heavy atom. The van der Waals surface area contributed by atoms with Gasteiger partial charge in [-0.1, -0.05) is 23.8 Å². The number of fused-ring (bicyclic) bond motifs is 1. The van der Waals surface area contributed by atoms with Gasteiger partial charge in [-0.15, -0.1) is 0 Å². The topological polar surface area (TPSA) is 68.2 Å². The highest BCUT2D eigenvalue weighted by molar-refractivity contribution is 6.33. The summed E-state index contributed by atoms with van der Waals surface area (Å²) in [7, 11) is 0. The molecule has 0 N–H and O–H groups in total. The first-order chi connectivity index (χ1) is 12.6. The summed E-state index contributed by atoms with van der Waals surface area (Å²) < 4.78 is 10.6. The molecule has 2 saturated carbocycles. The van der Waals surface area contributed by atoms with E-state index in [9.17, 15) is 9.59 Å². The van der Waals surface area contributed by atoms with E-state index in [-0.39, 0.29) is 42.3 Å². The number of allylic oxidation sites excluding steroid dienone is 2. The number of carbonyl (C=O) groups excluding carboxylic acids is 2. The molecule has 132 valence electrons. The number of ether oxygens (including phenoxy) is 2. The Labute approximate surface area is 154 Å². The van der Waals surface area contributed by atoms with Gasteiger partial charge in [0.15, 0.2) is 11.5 Å². The molecule has 2 aliphatic heterocycles. The minimum atomic E-state index is -0.245. The molecule has 7 heteroatoms. The zero-order chi connectivity index (χ0) is 17.6. The second kappa shape index (κ2) is 4.88. The van der Waals surface area contributed by atoms with Gasteiger partial charge >= 0.3 is 0 Å². The van der Waals surface area contributed by atoms with E-state index in [0.29, 0.717) is 33.9 Å². The number of benzene rings is 1. The van der Waals surface area contributed by atoms with E-state index < -0.39 is 0 Å². The number of amides is 2. The van der Waals surface area contributed by atoms with Crippen LogP contribution in [0.3, 0.4) is 0 Å². The van der Waals surface area contributed by atoms with Crippen LogP contribution in [0.4, 0.5) is 0 Å². The molecule has 2 heterocycles. The number of hydrogen-bond donors (Lipinski definition) is 0. The van der Waals surface area contributed by atoms with Gasteiger partial charge in [0.25, 0.3) is 11.8 Å². The number of imide groups is 1. The highest BCUT2D eigenvalue weighted by Gasteiger charge is 2.67. The van der Waals surface area contributed by atoms with Crippen LogP contribution in [0.15, 0.2) is 29.4 Å². The van der Waals surface area contributed by atoms with E-state index in [1.54, 1.807) is 12.1 Å². The third kappa shape index (κ3) is 1.80. The molecule has 26 heavy (non-hydrogen) atoms. The molecule has 0 radical (unpaired) electrons. The first kappa shape index (κ1) is 14.8. The van der Waals surface area contributed by atoms with Crippen molar-refractivity contribution in [1.82, 2.24) is 5.01 Å². The Morgan fingerprint density at radius 3 is 2.31 bits per heavy atom. The molecule has 1 aromatic rings. The number of nitrogens with zero attached hydrogens (tertiary/aromatic N) is 2. The van der Waals surface area contributed by atoms with E-state index in [1.807, 2.05) is 0 Å². The average Bonchev–Trinajstić information content (AvgIpc) is 3.29. The molecular formula is C19H15ClN2O4. The smallest absolute Gasteiger partial charge is 0.254 e. The first-order valence-corrected chi connectivity index (χ1v) is 9.20. The maximum Gasteiger partial charge on any atom is 0.254 e. The predicted molar refractivity (Wildman–Crippen MR) is 91.7 cm³/mol. The van der Waals surface area contributed by atoms with Gasteiger partial charge in [-0.05, 0) is 36.2 Å². The second-order valence-electron chi connectivity index (χ2n) is 7.61. The molecule has 2 amide bonds. The van der Waals surface area contributed by atoms with Gasteiger partial charge < -0.3 is 9.47 Å². The first-order valence-electron chi connectivity index (χ1n) is 8.83. The standard InChI is InChI=1S/C19H15ClN2O4/c20-13-5-15-14(25-7-26-15)3-8(13)6-21-22-18(23)16-9-1-2-10(12-4-11(9)12)17(16)19(22)24/h1-3,5-6,9-12,16-17H,4,7H2/b21-6-/t9-,10-,11-,12+,16+,17-/m1/s1. The van der Waals surface area contributed by atoms with E-state index >= 15 is 0 Å². The van der Waals surface area contributed by atoms with Gasteiger partial charge in [0, 0.05) is 11.6 Å². The molecule has 0 spiro atoms. The SMILES string of the molecule is O=C1[C@@H]2[C@@H]3C=C[C@H]([C@H]4C[C@@H]34)[C@@H]2C(=O)N1/N=C\c1cc2c(cc1Cl)OCO2. The number of rotatable bonds is 2. The Bertz CT molecular complexity index is 890. The van der Waals surface area contributed by atoms with Crippen molar-refractivity contribution in [2.45, 2.75) is 6.42 Å². The molecular weight excluding hydrogens is 356 g/mol. The minimum absolute atomic E-state index is 0.150. The van der Waals surface area contributed by atoms with E-state index in [4.69, 9.17) is 21.1 Å². The lowest BCUT2D eigenvalue weighted by Gasteiger charge is -2.37.